The molecule has 1 fully saturated rings. The largest absolute Gasteiger partial charge is 0.341 e. The maximum Gasteiger partial charge on any atom is 0.303 e. The zero-order chi connectivity index (χ0) is 24.7. The third-order valence-corrected chi connectivity index (χ3v) is 8.55. The maximum absolute atomic E-state index is 13.5. The van der Waals surface area contributed by atoms with Gasteiger partial charge in [-0.05, 0) is 43.0 Å². The summed E-state index contributed by atoms with van der Waals surface area (Å²) in [4.78, 5) is 24.9. The lowest BCUT2D eigenvalue weighted by Crippen LogP contribution is -2.56. The van der Waals surface area contributed by atoms with Crippen molar-refractivity contribution < 1.29 is 18.0 Å². The van der Waals surface area contributed by atoms with E-state index in [2.05, 4.69) is 5.32 Å². The first kappa shape index (κ1) is 24.3. The summed E-state index contributed by atoms with van der Waals surface area (Å²) < 4.78 is 30.0. The molecule has 1 aliphatic rings. The topological polar surface area (TPSA) is 101 Å². The highest BCUT2D eigenvalue weighted by atomic mass is 35.5. The van der Waals surface area contributed by atoms with E-state index in [9.17, 15) is 18.0 Å². The summed E-state index contributed by atoms with van der Waals surface area (Å²) in [5, 5.41) is 4.62. The van der Waals surface area contributed by atoms with Crippen molar-refractivity contribution in [2.45, 2.75) is 32.2 Å². The van der Waals surface area contributed by atoms with Gasteiger partial charge in [0.15, 0.2) is 0 Å². The Labute approximate surface area is 204 Å². The van der Waals surface area contributed by atoms with Crippen LogP contribution in [0.5, 0.6) is 0 Å². The number of aryl methyl sites for hydroxylation is 2. The van der Waals surface area contributed by atoms with E-state index < -0.39 is 21.7 Å². The highest BCUT2D eigenvalue weighted by molar-refractivity contribution is 7.87. The number of amides is 2. The van der Waals surface area contributed by atoms with Gasteiger partial charge >= 0.3 is 10.2 Å². The van der Waals surface area contributed by atoms with E-state index in [4.69, 9.17) is 11.6 Å². The number of halogens is 1. The molecule has 10 heteroatoms. The Hall–Kier alpha value is -2.88. The molecule has 0 atom stereocenters. The monoisotopic (exact) mass is 502 g/mol. The van der Waals surface area contributed by atoms with Crippen LogP contribution in [0.15, 0.2) is 48.5 Å². The number of benzene rings is 2. The number of carbonyl (C=O) groups excluding carboxylic acids is 2. The Morgan fingerprint density at radius 2 is 1.71 bits per heavy atom. The van der Waals surface area contributed by atoms with Gasteiger partial charge in [0.2, 0.25) is 5.91 Å². The normalized spacial score (nSPS) is 16.4. The number of rotatable bonds is 5. The molecule has 3 aromatic rings. The first-order chi connectivity index (χ1) is 16.0. The molecule has 34 heavy (non-hydrogen) atoms. The molecule has 0 unspecified atom stereocenters. The van der Waals surface area contributed by atoms with Crippen molar-refractivity contribution in [2.75, 3.05) is 13.1 Å². The second-order valence-corrected chi connectivity index (χ2v) is 10.7. The predicted octanol–water partition coefficient (Wildman–Crippen LogP) is 3.24. The first-order valence-corrected chi connectivity index (χ1v) is 12.8. The fraction of sp³-hybridized carbons (Fsp3) is 0.333. The number of aromatic nitrogens is 1. The molecule has 0 aliphatic carbocycles. The number of piperidine rings is 1. The van der Waals surface area contributed by atoms with Crippen molar-refractivity contribution in [3.05, 3.63) is 70.4 Å². The van der Waals surface area contributed by atoms with Gasteiger partial charge in [-0.25, -0.2) is 4.72 Å². The van der Waals surface area contributed by atoms with E-state index in [1.165, 1.54) is 4.31 Å². The van der Waals surface area contributed by atoms with Crippen LogP contribution < -0.4 is 10.0 Å². The van der Waals surface area contributed by atoms with Crippen molar-refractivity contribution in [1.82, 2.24) is 18.9 Å². The van der Waals surface area contributed by atoms with Gasteiger partial charge in [-0.1, -0.05) is 48.0 Å². The van der Waals surface area contributed by atoms with Crippen LogP contribution in [0.3, 0.4) is 0 Å². The Balaban J connectivity index is 1.66. The molecule has 0 radical (unpaired) electrons. The lowest BCUT2D eigenvalue weighted by Gasteiger charge is -2.42. The van der Waals surface area contributed by atoms with Crippen LogP contribution in [0.25, 0.3) is 10.9 Å². The molecule has 2 heterocycles. The Bertz CT molecular complexity index is 1360. The summed E-state index contributed by atoms with van der Waals surface area (Å²) in [6, 6.07) is 15.2. The lowest BCUT2D eigenvalue weighted by molar-refractivity contribution is -0.117. The number of hydrogen-bond acceptors (Lipinski definition) is 4. The summed E-state index contributed by atoms with van der Waals surface area (Å²) in [5.74, 6) is -0.910. The average molecular weight is 503 g/mol. The number of fused-ring (bicyclic) bond motifs is 1. The van der Waals surface area contributed by atoms with Crippen molar-refractivity contribution in [3.63, 3.8) is 0 Å². The second kappa shape index (κ2) is 9.05. The lowest BCUT2D eigenvalue weighted by atomic mass is 9.81. The van der Waals surface area contributed by atoms with E-state index in [1.54, 1.807) is 6.07 Å². The average Bonchev–Trinajstić information content (AvgIpc) is 3.13. The Morgan fingerprint density at radius 3 is 2.32 bits per heavy atom. The molecule has 0 saturated carbocycles. The third kappa shape index (κ3) is 4.43. The van der Waals surface area contributed by atoms with Gasteiger partial charge in [-0.2, -0.15) is 12.7 Å². The summed E-state index contributed by atoms with van der Waals surface area (Å²) in [6.07, 6.45) is 0.705. The maximum atomic E-state index is 13.5. The van der Waals surface area contributed by atoms with Gasteiger partial charge in [0.1, 0.15) is 5.69 Å². The van der Waals surface area contributed by atoms with E-state index in [-0.39, 0.29) is 19.0 Å². The van der Waals surface area contributed by atoms with Crippen LogP contribution >= 0.6 is 11.6 Å². The van der Waals surface area contributed by atoms with Crippen LogP contribution in [0.2, 0.25) is 5.02 Å². The molecule has 1 aromatic heterocycles. The van der Waals surface area contributed by atoms with Crippen molar-refractivity contribution in [3.8, 4) is 0 Å². The fourth-order valence-corrected chi connectivity index (χ4v) is 5.95. The van der Waals surface area contributed by atoms with Crippen molar-refractivity contribution in [1.29, 1.82) is 0 Å². The minimum absolute atomic E-state index is 0.151. The standard InChI is InChI=1S/C24H27ClN4O4S/c1-16-9-10-20-19(22(16)25)15-21(28(20)3)23(31)26-24(18-7-5-4-6-8-18)11-13-29(14-12-24)34(32,33)27-17(2)30/h4-10,15H,11-14H2,1-3H3,(H,26,31)(H,27,30). The Morgan fingerprint density at radius 1 is 1.06 bits per heavy atom. The minimum atomic E-state index is -3.93. The van der Waals surface area contributed by atoms with E-state index in [0.29, 0.717) is 23.6 Å². The van der Waals surface area contributed by atoms with Gasteiger partial charge in [-0.15, -0.1) is 0 Å². The quantitative estimate of drug-likeness (QED) is 0.559. The first-order valence-electron chi connectivity index (χ1n) is 10.9. The molecule has 1 saturated heterocycles. The van der Waals surface area contributed by atoms with Gasteiger partial charge in [0, 0.05) is 38.0 Å². The molecular formula is C24H27ClN4O4S. The zero-order valence-electron chi connectivity index (χ0n) is 19.3. The second-order valence-electron chi connectivity index (χ2n) is 8.68. The molecular weight excluding hydrogens is 476 g/mol. The van der Waals surface area contributed by atoms with Crippen molar-refractivity contribution in [2.24, 2.45) is 7.05 Å². The summed E-state index contributed by atoms with van der Waals surface area (Å²) in [5.41, 5.74) is 2.38. The molecule has 2 amide bonds. The molecule has 8 nitrogen and oxygen atoms in total. The van der Waals surface area contributed by atoms with E-state index >= 15 is 0 Å². The molecule has 0 bridgehead atoms. The van der Waals surface area contributed by atoms with E-state index in [0.717, 1.165) is 29.0 Å². The van der Waals surface area contributed by atoms with Gasteiger partial charge in [0.25, 0.3) is 5.91 Å². The molecule has 2 N–H and O–H groups in total. The number of carbonyl (C=O) groups is 2. The van der Waals surface area contributed by atoms with Crippen LogP contribution in [0, 0.1) is 6.92 Å². The SMILES string of the molecule is CC(=O)NS(=O)(=O)N1CCC(NC(=O)c2cc3c(Cl)c(C)ccc3n2C)(c2ccccc2)CC1. The summed E-state index contributed by atoms with van der Waals surface area (Å²) in [6.45, 7) is 3.38. The number of hydrogen-bond donors (Lipinski definition) is 2. The fourth-order valence-electron chi connectivity index (χ4n) is 4.58. The van der Waals surface area contributed by atoms with Crippen LogP contribution in [0.4, 0.5) is 0 Å². The highest BCUT2D eigenvalue weighted by Gasteiger charge is 2.41. The summed E-state index contributed by atoms with van der Waals surface area (Å²) in [7, 11) is -2.11. The van der Waals surface area contributed by atoms with Gasteiger partial charge in [-0.3, -0.25) is 9.59 Å². The molecule has 2 aromatic carbocycles. The third-order valence-electron chi connectivity index (χ3n) is 6.45. The van der Waals surface area contributed by atoms with Crippen LogP contribution in [0.1, 0.15) is 41.4 Å². The van der Waals surface area contributed by atoms with Crippen LogP contribution in [-0.4, -0.2) is 42.2 Å². The predicted molar refractivity (Wildman–Crippen MR) is 132 cm³/mol. The van der Waals surface area contributed by atoms with Gasteiger partial charge < -0.3 is 9.88 Å². The molecule has 1 aliphatic heterocycles. The van der Waals surface area contributed by atoms with Gasteiger partial charge in [0.05, 0.1) is 10.6 Å². The van der Waals surface area contributed by atoms with Crippen molar-refractivity contribution >= 4 is 44.5 Å². The molecule has 0 spiro atoms. The summed E-state index contributed by atoms with van der Waals surface area (Å²) >= 11 is 6.49. The molecule has 180 valence electrons. The Kier molecular flexibility index (Phi) is 6.46. The van der Waals surface area contributed by atoms with E-state index in [1.807, 2.05) is 65.7 Å². The smallest absolute Gasteiger partial charge is 0.303 e. The van der Waals surface area contributed by atoms with Crippen LogP contribution in [-0.2, 0) is 27.6 Å². The molecule has 4 rings (SSSR count). The number of nitrogens with zero attached hydrogens (tertiary/aromatic N) is 2. The zero-order valence-corrected chi connectivity index (χ0v) is 20.8. The number of nitrogens with one attached hydrogen (secondary N) is 2. The highest BCUT2D eigenvalue weighted by Crippen LogP contribution is 2.35. The minimum Gasteiger partial charge on any atom is -0.341 e.